The zero-order chi connectivity index (χ0) is 18.7. The summed E-state index contributed by atoms with van der Waals surface area (Å²) in [6, 6.07) is 1.31. The molecule has 0 saturated carbocycles. The first-order chi connectivity index (χ1) is 12.5. The molecule has 138 valence electrons. The molecule has 0 spiro atoms. The number of nitrogens with zero attached hydrogens (tertiary/aromatic N) is 6. The highest BCUT2D eigenvalue weighted by atomic mass is 19.3. The lowest BCUT2D eigenvalue weighted by Crippen LogP contribution is -2.06. The van der Waals surface area contributed by atoms with Crippen molar-refractivity contribution < 1.29 is 8.78 Å². The third-order valence-electron chi connectivity index (χ3n) is 4.11. The molecule has 3 rings (SSSR count). The lowest BCUT2D eigenvalue weighted by atomic mass is 10.1. The van der Waals surface area contributed by atoms with Crippen LogP contribution in [0, 0.1) is 6.92 Å². The van der Waals surface area contributed by atoms with Crippen LogP contribution < -0.4 is 5.32 Å². The molecule has 9 heteroatoms. The number of anilines is 1. The Morgan fingerprint density at radius 3 is 2.54 bits per heavy atom. The first kappa shape index (κ1) is 18.0. The Bertz CT molecular complexity index is 885. The van der Waals surface area contributed by atoms with E-state index in [-0.39, 0.29) is 11.6 Å². The second-order valence-corrected chi connectivity index (χ2v) is 5.82. The van der Waals surface area contributed by atoms with Gasteiger partial charge in [-0.25, -0.2) is 18.7 Å². The van der Waals surface area contributed by atoms with E-state index in [0.29, 0.717) is 18.8 Å². The van der Waals surface area contributed by atoms with Gasteiger partial charge < -0.3 is 5.32 Å². The highest BCUT2D eigenvalue weighted by molar-refractivity contribution is 5.62. The van der Waals surface area contributed by atoms with E-state index in [0.717, 1.165) is 23.4 Å². The average molecular weight is 361 g/mol. The summed E-state index contributed by atoms with van der Waals surface area (Å²) < 4.78 is 30.1. The molecule has 0 aliphatic rings. The van der Waals surface area contributed by atoms with Gasteiger partial charge in [0.05, 0.1) is 18.1 Å². The van der Waals surface area contributed by atoms with Gasteiger partial charge in [0.2, 0.25) is 5.95 Å². The second kappa shape index (κ2) is 7.59. The third-order valence-corrected chi connectivity index (χ3v) is 4.11. The molecule has 26 heavy (non-hydrogen) atoms. The number of nitrogens with one attached hydrogen (secondary N) is 1. The average Bonchev–Trinajstić information content (AvgIpc) is 3.25. The van der Waals surface area contributed by atoms with E-state index in [1.165, 1.54) is 6.07 Å². The van der Waals surface area contributed by atoms with Crippen molar-refractivity contribution in [3.8, 4) is 11.3 Å². The van der Waals surface area contributed by atoms with Gasteiger partial charge in [-0.15, -0.1) is 0 Å². The van der Waals surface area contributed by atoms with Gasteiger partial charge in [-0.2, -0.15) is 10.2 Å². The fourth-order valence-corrected chi connectivity index (χ4v) is 2.66. The molecule has 3 aromatic rings. The summed E-state index contributed by atoms with van der Waals surface area (Å²) in [5, 5.41) is 11.5. The van der Waals surface area contributed by atoms with Crippen LogP contribution in [-0.2, 0) is 19.6 Å². The van der Waals surface area contributed by atoms with E-state index >= 15 is 0 Å². The second-order valence-electron chi connectivity index (χ2n) is 5.82. The summed E-state index contributed by atoms with van der Waals surface area (Å²) in [5.74, 6) is 0.158. The standard InChI is InChI=1S/C17H21F2N7/c1-4-25-10-12(8-21-25)7-20-17-23-14(6-15(24-17)16(18)19)13-9-22-26(5-2)11(13)3/h6,8-10,16H,4-5,7H2,1-3H3,(H,20,23,24). The zero-order valence-corrected chi connectivity index (χ0v) is 14.9. The number of halogens is 2. The maximum absolute atomic E-state index is 13.3. The summed E-state index contributed by atoms with van der Waals surface area (Å²) in [6.07, 6.45) is 2.58. The summed E-state index contributed by atoms with van der Waals surface area (Å²) in [4.78, 5) is 8.33. The summed E-state index contributed by atoms with van der Waals surface area (Å²) in [7, 11) is 0. The summed E-state index contributed by atoms with van der Waals surface area (Å²) >= 11 is 0. The number of alkyl halides is 2. The molecular formula is C17H21F2N7. The molecule has 0 radical (unpaired) electrons. The summed E-state index contributed by atoms with van der Waals surface area (Å²) in [5.41, 5.74) is 2.64. The predicted molar refractivity (Wildman–Crippen MR) is 93.8 cm³/mol. The molecule has 0 amide bonds. The van der Waals surface area contributed by atoms with Gasteiger partial charge in [-0.1, -0.05) is 0 Å². The van der Waals surface area contributed by atoms with Crippen LogP contribution in [0.25, 0.3) is 11.3 Å². The Labute approximate surface area is 150 Å². The smallest absolute Gasteiger partial charge is 0.280 e. The van der Waals surface area contributed by atoms with Crippen LogP contribution in [0.15, 0.2) is 24.7 Å². The first-order valence-corrected chi connectivity index (χ1v) is 8.46. The van der Waals surface area contributed by atoms with Crippen molar-refractivity contribution in [2.45, 2.75) is 46.8 Å². The van der Waals surface area contributed by atoms with E-state index in [1.807, 2.05) is 27.0 Å². The van der Waals surface area contributed by atoms with Gasteiger partial charge in [0.25, 0.3) is 6.43 Å². The molecule has 3 heterocycles. The normalized spacial score (nSPS) is 11.3. The van der Waals surface area contributed by atoms with Gasteiger partial charge in [0, 0.05) is 42.7 Å². The van der Waals surface area contributed by atoms with Gasteiger partial charge in [-0.3, -0.25) is 9.36 Å². The number of rotatable bonds is 7. The van der Waals surface area contributed by atoms with Crippen molar-refractivity contribution in [3.63, 3.8) is 0 Å². The molecule has 0 aromatic carbocycles. The number of hydrogen-bond donors (Lipinski definition) is 1. The van der Waals surface area contributed by atoms with Crippen LogP contribution in [-0.4, -0.2) is 29.5 Å². The van der Waals surface area contributed by atoms with Crippen LogP contribution in [0.2, 0.25) is 0 Å². The Balaban J connectivity index is 1.89. The van der Waals surface area contributed by atoms with Crippen molar-refractivity contribution in [1.82, 2.24) is 29.5 Å². The Morgan fingerprint density at radius 2 is 1.92 bits per heavy atom. The largest absolute Gasteiger partial charge is 0.350 e. The minimum absolute atomic E-state index is 0.158. The van der Waals surface area contributed by atoms with E-state index in [2.05, 4.69) is 25.5 Å². The van der Waals surface area contributed by atoms with Crippen molar-refractivity contribution in [1.29, 1.82) is 0 Å². The Hall–Kier alpha value is -2.84. The molecule has 0 bridgehead atoms. The maximum atomic E-state index is 13.3. The molecule has 3 aromatic heterocycles. The molecule has 0 unspecified atom stereocenters. The van der Waals surface area contributed by atoms with Crippen LogP contribution in [0.5, 0.6) is 0 Å². The van der Waals surface area contributed by atoms with E-state index in [4.69, 9.17) is 0 Å². The molecule has 0 aliphatic carbocycles. The van der Waals surface area contributed by atoms with E-state index in [9.17, 15) is 8.78 Å². The fraction of sp³-hybridized carbons (Fsp3) is 0.412. The highest BCUT2D eigenvalue weighted by Crippen LogP contribution is 2.26. The molecular weight excluding hydrogens is 340 g/mol. The van der Waals surface area contributed by atoms with Crippen molar-refractivity contribution >= 4 is 5.95 Å². The fourth-order valence-electron chi connectivity index (χ4n) is 2.66. The molecule has 0 atom stereocenters. The Kier molecular flexibility index (Phi) is 5.24. The Morgan fingerprint density at radius 1 is 1.12 bits per heavy atom. The van der Waals surface area contributed by atoms with Crippen LogP contribution >= 0.6 is 0 Å². The van der Waals surface area contributed by atoms with Gasteiger partial charge >= 0.3 is 0 Å². The van der Waals surface area contributed by atoms with Crippen molar-refractivity contribution in [2.24, 2.45) is 0 Å². The van der Waals surface area contributed by atoms with E-state index < -0.39 is 6.43 Å². The van der Waals surface area contributed by atoms with Crippen molar-refractivity contribution in [2.75, 3.05) is 5.32 Å². The molecule has 0 fully saturated rings. The molecule has 1 N–H and O–H groups in total. The predicted octanol–water partition coefficient (Wildman–Crippen LogP) is 3.43. The minimum Gasteiger partial charge on any atom is -0.350 e. The van der Waals surface area contributed by atoms with Crippen LogP contribution in [0.3, 0.4) is 0 Å². The lowest BCUT2D eigenvalue weighted by Gasteiger charge is -2.09. The quantitative estimate of drug-likeness (QED) is 0.698. The molecule has 7 nitrogen and oxygen atoms in total. The van der Waals surface area contributed by atoms with Crippen molar-refractivity contribution in [3.05, 3.63) is 41.6 Å². The molecule has 0 saturated heterocycles. The van der Waals surface area contributed by atoms with Gasteiger partial charge in [0.1, 0.15) is 5.69 Å². The summed E-state index contributed by atoms with van der Waals surface area (Å²) in [6.45, 7) is 7.72. The lowest BCUT2D eigenvalue weighted by molar-refractivity contribution is 0.146. The number of aromatic nitrogens is 6. The van der Waals surface area contributed by atoms with Crippen LogP contribution in [0.4, 0.5) is 14.7 Å². The third kappa shape index (κ3) is 3.71. The topological polar surface area (TPSA) is 73.5 Å². The highest BCUT2D eigenvalue weighted by Gasteiger charge is 2.17. The zero-order valence-electron chi connectivity index (χ0n) is 14.9. The van der Waals surface area contributed by atoms with E-state index in [1.54, 1.807) is 21.8 Å². The van der Waals surface area contributed by atoms with Gasteiger partial charge in [0.15, 0.2) is 0 Å². The van der Waals surface area contributed by atoms with Crippen LogP contribution in [0.1, 0.15) is 37.2 Å². The minimum atomic E-state index is -2.68. The first-order valence-electron chi connectivity index (χ1n) is 8.46. The number of aryl methyl sites for hydroxylation is 2. The maximum Gasteiger partial charge on any atom is 0.280 e. The SMILES string of the molecule is CCn1cc(CNc2nc(-c3cnn(CC)c3C)cc(C(F)F)n2)cn1. The van der Waals surface area contributed by atoms with Gasteiger partial charge in [-0.05, 0) is 26.8 Å². The number of hydrogen-bond acceptors (Lipinski definition) is 5. The monoisotopic (exact) mass is 361 g/mol. The molecule has 0 aliphatic heterocycles.